The minimum absolute atomic E-state index is 0.175. The Bertz CT molecular complexity index is 272. The zero-order chi connectivity index (χ0) is 17.0. The second-order valence-corrected chi connectivity index (χ2v) is 6.95. The number of rotatable bonds is 19. The van der Waals surface area contributed by atoms with E-state index in [9.17, 15) is 9.00 Å². The van der Waals surface area contributed by atoms with Crippen LogP contribution in [0.1, 0.15) is 96.8 Å². The molecule has 1 unspecified atom stereocenters. The summed E-state index contributed by atoms with van der Waals surface area (Å²) in [5.74, 6) is 0. The van der Waals surface area contributed by atoms with Crippen LogP contribution in [0.2, 0.25) is 0 Å². The molecule has 0 aromatic rings. The molecule has 0 bridgehead atoms. The van der Waals surface area contributed by atoms with Crippen LogP contribution in [0.5, 0.6) is 0 Å². The van der Waals surface area contributed by atoms with Gasteiger partial charge < -0.3 is 4.79 Å². The summed E-state index contributed by atoms with van der Waals surface area (Å²) in [5, 5.41) is 0. The van der Waals surface area contributed by atoms with Gasteiger partial charge in [0.1, 0.15) is 12.9 Å². The first kappa shape index (κ1) is 22.7. The summed E-state index contributed by atoms with van der Waals surface area (Å²) in [4.78, 5) is 10.0. The summed E-state index contributed by atoms with van der Waals surface area (Å²) in [5.41, 5.74) is 0. The van der Waals surface area contributed by atoms with E-state index < -0.39 is 11.4 Å². The van der Waals surface area contributed by atoms with Gasteiger partial charge in [-0.15, -0.1) is 0 Å². The van der Waals surface area contributed by atoms with Crippen LogP contribution < -0.4 is 0 Å². The maximum atomic E-state index is 11.0. The molecule has 0 amide bonds. The van der Waals surface area contributed by atoms with E-state index in [4.69, 9.17) is 4.18 Å². The molecule has 23 heavy (non-hydrogen) atoms. The SMILES string of the molecule is CCCCCCCCCCCCCCCCOS(=O)OCC=O. The molecular weight excluding hydrogens is 312 g/mol. The van der Waals surface area contributed by atoms with E-state index in [1.807, 2.05) is 0 Å². The monoisotopic (exact) mass is 348 g/mol. The van der Waals surface area contributed by atoms with Gasteiger partial charge in [-0.25, -0.2) is 0 Å². The molecule has 0 saturated heterocycles. The molecule has 0 aromatic heterocycles. The van der Waals surface area contributed by atoms with E-state index >= 15 is 0 Å². The fourth-order valence-corrected chi connectivity index (χ4v) is 3.03. The number of carbonyl (C=O) groups is 1. The van der Waals surface area contributed by atoms with Gasteiger partial charge in [0.2, 0.25) is 0 Å². The zero-order valence-electron chi connectivity index (χ0n) is 14.9. The third-order valence-electron chi connectivity index (χ3n) is 3.91. The predicted octanol–water partition coefficient (Wildman–Crippen LogP) is 5.28. The number of aldehydes is 1. The van der Waals surface area contributed by atoms with Crippen molar-refractivity contribution in [3.8, 4) is 0 Å². The molecule has 0 aliphatic heterocycles. The Morgan fingerprint density at radius 1 is 0.696 bits per heavy atom. The summed E-state index contributed by atoms with van der Waals surface area (Å²) in [7, 11) is 0. The van der Waals surface area contributed by atoms with E-state index in [1.54, 1.807) is 0 Å². The van der Waals surface area contributed by atoms with Gasteiger partial charge in [0.25, 0.3) is 0 Å². The molecule has 5 heteroatoms. The van der Waals surface area contributed by atoms with Gasteiger partial charge in [-0.3, -0.25) is 8.37 Å². The minimum atomic E-state index is -1.77. The van der Waals surface area contributed by atoms with Crippen LogP contribution in [0.4, 0.5) is 0 Å². The highest BCUT2D eigenvalue weighted by Gasteiger charge is 2.00. The van der Waals surface area contributed by atoms with Crippen LogP contribution in [0.15, 0.2) is 0 Å². The van der Waals surface area contributed by atoms with Crippen molar-refractivity contribution in [2.75, 3.05) is 13.2 Å². The Labute approximate surface area is 145 Å². The molecule has 0 radical (unpaired) electrons. The van der Waals surface area contributed by atoms with Gasteiger partial charge in [0.05, 0.1) is 6.61 Å². The van der Waals surface area contributed by atoms with Crippen LogP contribution in [0, 0.1) is 0 Å². The molecule has 0 aliphatic rings. The van der Waals surface area contributed by atoms with Crippen LogP contribution in [-0.4, -0.2) is 23.7 Å². The maximum Gasteiger partial charge on any atom is 0.305 e. The summed E-state index contributed by atoms with van der Waals surface area (Å²) in [6, 6.07) is 0. The summed E-state index contributed by atoms with van der Waals surface area (Å²) in [6.45, 7) is 2.52. The maximum absolute atomic E-state index is 11.0. The van der Waals surface area contributed by atoms with Crippen molar-refractivity contribution in [1.82, 2.24) is 0 Å². The normalized spacial score (nSPS) is 12.4. The van der Waals surface area contributed by atoms with Gasteiger partial charge in [0, 0.05) is 0 Å². The molecule has 1 atom stereocenters. The van der Waals surface area contributed by atoms with Crippen LogP contribution in [-0.2, 0) is 24.5 Å². The zero-order valence-corrected chi connectivity index (χ0v) is 15.7. The lowest BCUT2D eigenvalue weighted by atomic mass is 10.0. The molecule has 0 heterocycles. The molecule has 0 spiro atoms. The summed E-state index contributed by atoms with van der Waals surface area (Å²) in [6.07, 6.45) is 18.9. The average Bonchev–Trinajstić information content (AvgIpc) is 2.56. The van der Waals surface area contributed by atoms with Crippen molar-refractivity contribution in [2.24, 2.45) is 0 Å². The first-order chi connectivity index (χ1) is 11.3. The highest BCUT2D eigenvalue weighted by molar-refractivity contribution is 7.75. The Kier molecular flexibility index (Phi) is 19.6. The van der Waals surface area contributed by atoms with E-state index in [1.165, 1.54) is 77.0 Å². The number of hydrogen-bond acceptors (Lipinski definition) is 4. The standard InChI is InChI=1S/C18H36O4S/c1-2-3-4-5-6-7-8-9-10-11-12-13-14-15-17-21-23(20)22-18-16-19/h16H,2-15,17-18H2,1H3. The van der Waals surface area contributed by atoms with Crippen molar-refractivity contribution in [1.29, 1.82) is 0 Å². The van der Waals surface area contributed by atoms with Crippen molar-refractivity contribution >= 4 is 17.6 Å². The number of unbranched alkanes of at least 4 members (excludes halogenated alkanes) is 13. The highest BCUT2D eigenvalue weighted by atomic mass is 32.2. The number of carbonyl (C=O) groups excluding carboxylic acids is 1. The molecule has 0 aromatic carbocycles. The second kappa shape index (κ2) is 19.8. The quantitative estimate of drug-likeness (QED) is 0.235. The topological polar surface area (TPSA) is 52.6 Å². The molecule has 0 fully saturated rings. The Balaban J connectivity index is 3.05. The third kappa shape index (κ3) is 19.7. The predicted molar refractivity (Wildman–Crippen MR) is 96.4 cm³/mol. The first-order valence-electron chi connectivity index (χ1n) is 9.43. The lowest BCUT2D eigenvalue weighted by Crippen LogP contribution is -2.05. The average molecular weight is 349 g/mol. The lowest BCUT2D eigenvalue weighted by Gasteiger charge is -2.04. The molecule has 0 saturated carbocycles. The molecule has 4 nitrogen and oxygen atoms in total. The smallest absolute Gasteiger partial charge is 0.301 e. The Morgan fingerprint density at radius 3 is 1.57 bits per heavy atom. The highest BCUT2D eigenvalue weighted by Crippen LogP contribution is 2.12. The van der Waals surface area contributed by atoms with Gasteiger partial charge in [-0.2, -0.15) is 4.21 Å². The van der Waals surface area contributed by atoms with E-state index in [-0.39, 0.29) is 6.61 Å². The second-order valence-electron chi connectivity index (χ2n) is 6.07. The fraction of sp³-hybridized carbons (Fsp3) is 0.944. The summed E-state index contributed by atoms with van der Waals surface area (Å²) < 4.78 is 20.6. The Hall–Kier alpha value is -0.260. The van der Waals surface area contributed by atoms with Crippen LogP contribution >= 0.6 is 0 Å². The fourth-order valence-electron chi connectivity index (χ4n) is 2.54. The third-order valence-corrected chi connectivity index (χ3v) is 4.60. The van der Waals surface area contributed by atoms with Crippen LogP contribution in [0.3, 0.4) is 0 Å². The molecule has 0 aliphatic carbocycles. The van der Waals surface area contributed by atoms with Crippen molar-refractivity contribution in [3.63, 3.8) is 0 Å². The van der Waals surface area contributed by atoms with Crippen LogP contribution in [0.25, 0.3) is 0 Å². The van der Waals surface area contributed by atoms with Gasteiger partial charge in [0.15, 0.2) is 0 Å². The van der Waals surface area contributed by atoms with Crippen molar-refractivity contribution < 1.29 is 17.4 Å². The van der Waals surface area contributed by atoms with Gasteiger partial charge in [-0.05, 0) is 6.42 Å². The molecule has 0 N–H and O–H groups in total. The Morgan fingerprint density at radius 2 is 1.13 bits per heavy atom. The molecular formula is C18H36O4S. The van der Waals surface area contributed by atoms with Crippen molar-refractivity contribution in [3.05, 3.63) is 0 Å². The number of hydrogen-bond donors (Lipinski definition) is 0. The van der Waals surface area contributed by atoms with E-state index in [0.29, 0.717) is 12.9 Å². The first-order valence-corrected chi connectivity index (χ1v) is 10.4. The van der Waals surface area contributed by atoms with E-state index in [2.05, 4.69) is 11.1 Å². The summed E-state index contributed by atoms with van der Waals surface area (Å²) >= 11 is -1.77. The lowest BCUT2D eigenvalue weighted by molar-refractivity contribution is -0.109. The molecule has 0 rings (SSSR count). The minimum Gasteiger partial charge on any atom is -0.301 e. The van der Waals surface area contributed by atoms with Gasteiger partial charge >= 0.3 is 11.4 Å². The largest absolute Gasteiger partial charge is 0.305 e. The van der Waals surface area contributed by atoms with Gasteiger partial charge in [-0.1, -0.05) is 90.4 Å². The van der Waals surface area contributed by atoms with E-state index in [0.717, 1.165) is 12.8 Å². The molecule has 138 valence electrons. The van der Waals surface area contributed by atoms with Crippen molar-refractivity contribution in [2.45, 2.75) is 96.8 Å².